The molecule has 0 aliphatic heterocycles. The minimum atomic E-state index is -4.15. The summed E-state index contributed by atoms with van der Waals surface area (Å²) in [5, 5.41) is 33.5. The Morgan fingerprint density at radius 3 is 2.65 bits per heavy atom. The fourth-order valence-corrected chi connectivity index (χ4v) is 4.43. The molecule has 4 atom stereocenters. The van der Waals surface area contributed by atoms with E-state index in [1.54, 1.807) is 16.6 Å². The predicted molar refractivity (Wildman–Crippen MR) is 118 cm³/mol. The number of aliphatic hydroxyl groups excluding tert-OH is 2. The van der Waals surface area contributed by atoms with E-state index >= 15 is 0 Å². The van der Waals surface area contributed by atoms with Gasteiger partial charge in [-0.3, -0.25) is 4.18 Å². The second-order valence-electron chi connectivity index (χ2n) is 7.28. The standard InChI is InChI=1S/C18H19BrClN5O5S/c19-11-3-1-9(2-4-11)12-6-15-23-14(20)7-16(25(15)24-12)22-13-5-10(17(26)18(13)27)8-30-31(21,28)29/h1-4,6-7,10,13,17-18,22,26-27H,5,8H2,(H2,21,28,29)/t10-,13-,17-,18+/m1/s1. The fourth-order valence-electron chi connectivity index (χ4n) is 3.61. The predicted octanol–water partition coefficient (Wildman–Crippen LogP) is 1.55. The molecule has 166 valence electrons. The first-order valence-corrected chi connectivity index (χ1v) is 11.9. The van der Waals surface area contributed by atoms with Gasteiger partial charge in [-0.15, -0.1) is 0 Å². The average molecular weight is 533 g/mol. The maximum atomic E-state index is 11.0. The van der Waals surface area contributed by atoms with Crippen LogP contribution in [0.5, 0.6) is 0 Å². The summed E-state index contributed by atoms with van der Waals surface area (Å²) in [5.74, 6) is -0.169. The minimum Gasteiger partial charge on any atom is -0.390 e. The molecular formula is C18H19BrClN5O5S. The molecule has 1 aliphatic carbocycles. The number of halogens is 2. The molecule has 0 radical (unpaired) electrons. The normalized spacial score (nSPS) is 24.0. The van der Waals surface area contributed by atoms with E-state index in [1.165, 1.54) is 0 Å². The highest BCUT2D eigenvalue weighted by atomic mass is 79.9. The molecule has 1 aliphatic rings. The van der Waals surface area contributed by atoms with Gasteiger partial charge in [0.05, 0.1) is 24.4 Å². The topological polar surface area (TPSA) is 152 Å². The summed E-state index contributed by atoms with van der Waals surface area (Å²) in [6.45, 7) is -0.336. The van der Waals surface area contributed by atoms with Gasteiger partial charge in [0, 0.05) is 28.1 Å². The van der Waals surface area contributed by atoms with Crippen molar-refractivity contribution in [1.82, 2.24) is 14.6 Å². The Labute approximate surface area is 191 Å². The van der Waals surface area contributed by atoms with Crippen LogP contribution in [-0.4, -0.2) is 58.1 Å². The molecule has 0 spiro atoms. The fraction of sp³-hybridized carbons (Fsp3) is 0.333. The molecule has 2 heterocycles. The van der Waals surface area contributed by atoms with Crippen LogP contribution in [-0.2, 0) is 14.5 Å². The summed E-state index contributed by atoms with van der Waals surface area (Å²) in [6, 6.07) is 10.4. The lowest BCUT2D eigenvalue weighted by Gasteiger charge is -2.19. The molecule has 2 aromatic heterocycles. The van der Waals surface area contributed by atoms with Gasteiger partial charge in [-0.1, -0.05) is 39.7 Å². The van der Waals surface area contributed by atoms with E-state index in [2.05, 4.69) is 35.5 Å². The van der Waals surface area contributed by atoms with Crippen molar-refractivity contribution in [3.05, 3.63) is 46.0 Å². The summed E-state index contributed by atoms with van der Waals surface area (Å²) in [5.41, 5.74) is 2.05. The second-order valence-corrected chi connectivity index (χ2v) is 9.80. The number of aromatic nitrogens is 3. The number of nitrogens with zero attached hydrogens (tertiary/aromatic N) is 3. The zero-order valence-corrected chi connectivity index (χ0v) is 19.0. The summed E-state index contributed by atoms with van der Waals surface area (Å²) in [7, 11) is -4.15. The summed E-state index contributed by atoms with van der Waals surface area (Å²) < 4.78 is 29.1. The molecule has 1 fully saturated rings. The largest absolute Gasteiger partial charge is 0.390 e. The molecule has 5 N–H and O–H groups in total. The quantitative estimate of drug-likeness (QED) is 0.349. The molecule has 4 rings (SSSR count). The van der Waals surface area contributed by atoms with E-state index in [9.17, 15) is 18.6 Å². The monoisotopic (exact) mass is 531 g/mol. The Balaban J connectivity index is 1.60. The highest BCUT2D eigenvalue weighted by Gasteiger charge is 2.42. The molecule has 0 saturated heterocycles. The number of fused-ring (bicyclic) bond motifs is 1. The average Bonchev–Trinajstić information content (AvgIpc) is 3.23. The Kier molecular flexibility index (Phi) is 6.23. The van der Waals surface area contributed by atoms with E-state index in [-0.39, 0.29) is 18.2 Å². The SMILES string of the molecule is NS(=O)(=O)OC[C@H]1C[C@@H](Nc2cc(Cl)nc3cc(-c4ccc(Br)cc4)nn23)[C@H](O)[C@@H]1O. The number of hydrogen-bond acceptors (Lipinski definition) is 8. The number of anilines is 1. The third-order valence-electron chi connectivity index (χ3n) is 5.12. The van der Waals surface area contributed by atoms with Gasteiger partial charge in [-0.05, 0) is 18.6 Å². The summed E-state index contributed by atoms with van der Waals surface area (Å²) in [4.78, 5) is 4.28. The Bertz CT molecular complexity index is 1210. The first-order chi connectivity index (χ1) is 14.6. The Morgan fingerprint density at radius 1 is 1.26 bits per heavy atom. The van der Waals surface area contributed by atoms with Crippen LogP contribution in [0.25, 0.3) is 16.9 Å². The second kappa shape index (κ2) is 8.62. The number of nitrogens with one attached hydrogen (secondary N) is 1. The molecule has 31 heavy (non-hydrogen) atoms. The number of benzene rings is 1. The zero-order chi connectivity index (χ0) is 22.3. The van der Waals surface area contributed by atoms with Crippen LogP contribution in [0, 0.1) is 5.92 Å². The van der Waals surface area contributed by atoms with Crippen molar-refractivity contribution in [2.75, 3.05) is 11.9 Å². The lowest BCUT2D eigenvalue weighted by atomic mass is 10.1. The maximum absolute atomic E-state index is 11.0. The summed E-state index contributed by atoms with van der Waals surface area (Å²) in [6.07, 6.45) is -2.12. The molecule has 1 aromatic carbocycles. The van der Waals surface area contributed by atoms with Crippen LogP contribution >= 0.6 is 27.5 Å². The third-order valence-corrected chi connectivity index (χ3v) is 6.30. The summed E-state index contributed by atoms with van der Waals surface area (Å²) >= 11 is 9.57. The van der Waals surface area contributed by atoms with Crippen LogP contribution in [0.3, 0.4) is 0 Å². The third kappa shape index (κ3) is 5.00. The van der Waals surface area contributed by atoms with Gasteiger partial charge in [0.15, 0.2) is 5.65 Å². The van der Waals surface area contributed by atoms with Gasteiger partial charge < -0.3 is 15.5 Å². The van der Waals surface area contributed by atoms with E-state index in [0.29, 0.717) is 17.2 Å². The van der Waals surface area contributed by atoms with Gasteiger partial charge in [0.25, 0.3) is 0 Å². The first-order valence-electron chi connectivity index (χ1n) is 9.23. The van der Waals surface area contributed by atoms with Crippen LogP contribution in [0.15, 0.2) is 40.9 Å². The number of nitrogens with two attached hydrogens (primary N) is 1. The molecule has 13 heteroatoms. The van der Waals surface area contributed by atoms with Crippen molar-refractivity contribution < 1.29 is 22.8 Å². The molecule has 0 bridgehead atoms. The highest BCUT2D eigenvalue weighted by molar-refractivity contribution is 9.10. The Morgan fingerprint density at radius 2 is 1.97 bits per heavy atom. The first kappa shape index (κ1) is 22.4. The van der Waals surface area contributed by atoms with E-state index in [4.69, 9.17) is 16.7 Å². The van der Waals surface area contributed by atoms with E-state index in [1.807, 2.05) is 24.3 Å². The zero-order valence-electron chi connectivity index (χ0n) is 15.9. The lowest BCUT2D eigenvalue weighted by molar-refractivity contribution is 0.00777. The molecule has 3 aromatic rings. The molecule has 0 amide bonds. The van der Waals surface area contributed by atoms with Gasteiger partial charge in [-0.2, -0.15) is 18.0 Å². The van der Waals surface area contributed by atoms with Crippen molar-refractivity contribution in [1.29, 1.82) is 0 Å². The minimum absolute atomic E-state index is 0.222. The van der Waals surface area contributed by atoms with Crippen molar-refractivity contribution in [2.45, 2.75) is 24.7 Å². The maximum Gasteiger partial charge on any atom is 0.333 e. The van der Waals surface area contributed by atoms with E-state index in [0.717, 1.165) is 10.0 Å². The number of hydrogen-bond donors (Lipinski definition) is 4. The number of aliphatic hydroxyl groups is 2. The van der Waals surface area contributed by atoms with Gasteiger partial charge in [0.2, 0.25) is 0 Å². The van der Waals surface area contributed by atoms with Crippen molar-refractivity contribution in [3.8, 4) is 11.3 Å². The van der Waals surface area contributed by atoms with Crippen LogP contribution in [0.4, 0.5) is 5.82 Å². The smallest absolute Gasteiger partial charge is 0.333 e. The van der Waals surface area contributed by atoms with Gasteiger partial charge in [-0.25, -0.2) is 10.1 Å². The van der Waals surface area contributed by atoms with Crippen molar-refractivity contribution in [2.24, 2.45) is 11.1 Å². The molecule has 0 unspecified atom stereocenters. The molecular weight excluding hydrogens is 514 g/mol. The van der Waals surface area contributed by atoms with Crippen molar-refractivity contribution in [3.63, 3.8) is 0 Å². The lowest BCUT2D eigenvalue weighted by Crippen LogP contribution is -2.36. The Hall–Kier alpha value is -1.80. The van der Waals surface area contributed by atoms with Gasteiger partial charge in [0.1, 0.15) is 17.1 Å². The van der Waals surface area contributed by atoms with Crippen molar-refractivity contribution >= 4 is 49.3 Å². The van der Waals surface area contributed by atoms with Crippen LogP contribution in [0.2, 0.25) is 5.15 Å². The molecule has 1 saturated carbocycles. The van der Waals surface area contributed by atoms with Crippen LogP contribution < -0.4 is 10.5 Å². The highest BCUT2D eigenvalue weighted by Crippen LogP contribution is 2.31. The van der Waals surface area contributed by atoms with Gasteiger partial charge >= 0.3 is 10.3 Å². The molecule has 10 nitrogen and oxygen atoms in total. The van der Waals surface area contributed by atoms with Crippen LogP contribution in [0.1, 0.15) is 6.42 Å². The van der Waals surface area contributed by atoms with E-state index < -0.39 is 34.5 Å². The number of rotatable bonds is 6.